The van der Waals surface area contributed by atoms with Gasteiger partial charge >= 0.3 is 17.9 Å². The van der Waals surface area contributed by atoms with Crippen LogP contribution in [0.5, 0.6) is 0 Å². The molecule has 0 saturated heterocycles. The van der Waals surface area contributed by atoms with Crippen LogP contribution >= 0.6 is 11.8 Å². The van der Waals surface area contributed by atoms with Crippen molar-refractivity contribution >= 4 is 41.5 Å². The monoisotopic (exact) mass is 978 g/mol. The van der Waals surface area contributed by atoms with Crippen molar-refractivity contribution in [2.24, 2.45) is 22.2 Å². The number of pyridine rings is 1. The Bertz CT molecular complexity index is 2400. The second-order valence-corrected chi connectivity index (χ2v) is 21.6. The highest BCUT2D eigenvalue weighted by atomic mass is 32.2. The number of nitrogens with one attached hydrogen (secondary N) is 5. The van der Waals surface area contributed by atoms with Crippen molar-refractivity contribution in [2.45, 2.75) is 152 Å². The minimum Gasteiger partial charge on any atom is -0.480 e. The third kappa shape index (κ3) is 10.6. The van der Waals surface area contributed by atoms with Gasteiger partial charge in [-0.05, 0) is 136 Å². The molecule has 70 heavy (non-hydrogen) atoms. The molecule has 7 atom stereocenters. The zero-order valence-electron chi connectivity index (χ0n) is 40.6. The number of likely N-dealkylation sites (N-methyl/N-ethyl adjacent to an activating group) is 1. The molecule has 6 aliphatic rings. The van der Waals surface area contributed by atoms with Gasteiger partial charge in [-0.25, -0.2) is 9.59 Å². The summed E-state index contributed by atoms with van der Waals surface area (Å²) in [5, 5.41) is 43.6. The van der Waals surface area contributed by atoms with Crippen LogP contribution in [-0.4, -0.2) is 106 Å². The quantitative estimate of drug-likeness (QED) is 0.0435. The Morgan fingerprint density at radius 2 is 1.51 bits per heavy atom. The Morgan fingerprint density at radius 1 is 0.857 bits per heavy atom. The number of rotatable bonds is 17. The Labute approximate surface area is 415 Å². The van der Waals surface area contributed by atoms with Gasteiger partial charge in [-0.1, -0.05) is 80.2 Å². The number of carbonyl (C=O) groups is 5. The number of hydrogen-bond acceptors (Lipinski definition) is 12. The van der Waals surface area contributed by atoms with Gasteiger partial charge in [-0.15, -0.1) is 11.8 Å². The molecule has 0 radical (unpaired) electrons. The first-order valence-electron chi connectivity index (χ1n) is 25.4. The molecular formula is C54H70N6O9S. The standard InChI is InChI=1S/C54H70N6O9S/c1-55-33-58-40(49(64)65)17-18-42(61)59-41(47(62)60-48(63)50(66)67)32-70-46-45-44-38(52(21-5-6-22-52)23-7-8-24-53(46)25-9-10-26-53)31-37(30-34-19-28-57-29-20-34)43-39(56-2)16-15-36-13-4-3-12-35(36)14-11-27-54(43,44)51(68)69-45/h3-4,12-13,19-20,28-29,38-41,46,48,55-56,58,63H,5-10,14-18,21-26,30-33H2,1-2H3,(H,59,61)(H,60,62)(H,64,65)(H,66,67)/t38-,39-,40+,41+,46+,48+,54-/m1/s1. The van der Waals surface area contributed by atoms with Crippen molar-refractivity contribution in [3.8, 4) is 11.8 Å². The van der Waals surface area contributed by atoms with Crippen molar-refractivity contribution < 1.29 is 44.0 Å². The van der Waals surface area contributed by atoms with Crippen LogP contribution in [0.15, 0.2) is 71.3 Å². The zero-order chi connectivity index (χ0) is 49.5. The highest BCUT2D eigenvalue weighted by molar-refractivity contribution is 8.00. The molecule has 8 N–H and O–H groups in total. The van der Waals surface area contributed by atoms with E-state index < -0.39 is 52.7 Å². The Morgan fingerprint density at radius 3 is 2.14 bits per heavy atom. The lowest BCUT2D eigenvalue weighted by Gasteiger charge is -2.49. The molecule has 0 unspecified atom stereocenters. The lowest BCUT2D eigenvalue weighted by Crippen LogP contribution is -2.53. The van der Waals surface area contributed by atoms with Gasteiger partial charge in [-0.3, -0.25) is 24.7 Å². The van der Waals surface area contributed by atoms with Gasteiger partial charge in [0.2, 0.25) is 18.0 Å². The number of thioether (sulfide) groups is 1. The van der Waals surface area contributed by atoms with Gasteiger partial charge in [-0.2, -0.15) is 0 Å². The summed E-state index contributed by atoms with van der Waals surface area (Å²) in [6, 6.07) is 9.93. The second kappa shape index (κ2) is 22.6. The molecule has 1 aliphatic heterocycles. The maximum Gasteiger partial charge on any atom is 0.353 e. The van der Waals surface area contributed by atoms with E-state index in [1.54, 1.807) is 7.05 Å². The highest BCUT2D eigenvalue weighted by Crippen LogP contribution is 2.66. The number of carboxylic acids is 2. The molecular weight excluding hydrogens is 909 g/mol. The van der Waals surface area contributed by atoms with Crippen molar-refractivity contribution in [1.29, 1.82) is 0 Å². The number of hydrogen-bond donors (Lipinski definition) is 8. The molecule has 2 fully saturated rings. The number of ether oxygens (including phenoxy) is 1. The van der Waals surface area contributed by atoms with Crippen LogP contribution in [0.1, 0.15) is 119 Å². The fourth-order valence-electron chi connectivity index (χ4n) is 13.1. The van der Waals surface area contributed by atoms with Crippen LogP contribution in [0.25, 0.3) is 0 Å². The fraction of sp³-hybridized carbons (Fsp3) is 0.593. The summed E-state index contributed by atoms with van der Waals surface area (Å²) in [5.74, 6) is 3.21. The number of esters is 1. The molecule has 15 nitrogen and oxygen atoms in total. The molecule has 5 aliphatic carbocycles. The second-order valence-electron chi connectivity index (χ2n) is 20.4. The first-order chi connectivity index (χ1) is 33.8. The smallest absolute Gasteiger partial charge is 0.353 e. The van der Waals surface area contributed by atoms with Crippen LogP contribution in [0.3, 0.4) is 0 Å². The number of amides is 2. The zero-order valence-corrected chi connectivity index (χ0v) is 41.4. The highest BCUT2D eigenvalue weighted by Gasteiger charge is 2.65. The van der Waals surface area contributed by atoms with Crippen molar-refractivity contribution in [1.82, 2.24) is 31.6 Å². The van der Waals surface area contributed by atoms with Crippen LogP contribution in [0.2, 0.25) is 0 Å². The van der Waals surface area contributed by atoms with Crippen molar-refractivity contribution in [3.63, 3.8) is 0 Å². The summed E-state index contributed by atoms with van der Waals surface area (Å²) in [6.07, 6.45) is 16.3. The van der Waals surface area contributed by atoms with E-state index in [-0.39, 0.29) is 54.0 Å². The molecule has 0 bridgehead atoms. The largest absolute Gasteiger partial charge is 0.480 e. The van der Waals surface area contributed by atoms with Gasteiger partial charge in [0, 0.05) is 49.3 Å². The topological polar surface area (TPSA) is 228 Å². The third-order valence-electron chi connectivity index (χ3n) is 16.4. The maximum absolute atomic E-state index is 15.9. The van der Waals surface area contributed by atoms with E-state index in [2.05, 4.69) is 73.7 Å². The molecule has 1 aromatic heterocycles. The van der Waals surface area contributed by atoms with Gasteiger partial charge in [0.05, 0.1) is 5.25 Å². The molecule has 1 aromatic carbocycles. The number of aliphatic carboxylic acids is 2. The molecule has 2 aromatic rings. The minimum absolute atomic E-state index is 0.0502. The van der Waals surface area contributed by atoms with Gasteiger partial charge in [0.25, 0.3) is 0 Å². The average Bonchev–Trinajstić information content (AvgIpc) is 4.10. The number of fused-ring (bicyclic) bond motifs is 2. The van der Waals surface area contributed by atoms with Gasteiger partial charge in [0.15, 0.2) is 5.41 Å². The summed E-state index contributed by atoms with van der Waals surface area (Å²) in [5.41, 5.74) is 4.82. The number of carbonyl (C=O) groups excluding carboxylic acids is 3. The van der Waals surface area contributed by atoms with E-state index in [9.17, 15) is 34.5 Å². The number of aliphatic hydroxyl groups is 1. The number of aromatic nitrogens is 1. The van der Waals surface area contributed by atoms with Crippen molar-refractivity contribution in [2.75, 3.05) is 26.5 Å². The van der Waals surface area contributed by atoms with Gasteiger partial charge in [0.1, 0.15) is 17.8 Å². The summed E-state index contributed by atoms with van der Waals surface area (Å²) < 4.78 is 7.06. The van der Waals surface area contributed by atoms with Crippen LogP contribution < -0.4 is 26.6 Å². The molecule has 2 amide bonds. The normalized spacial score (nSPS) is 25.9. The molecule has 376 valence electrons. The van der Waals surface area contributed by atoms with Crippen LogP contribution in [0, 0.1) is 34.0 Å². The number of allylic oxidation sites excluding steroid dienone is 1. The predicted octanol–water partition coefficient (Wildman–Crippen LogP) is 5.32. The number of benzene rings is 1. The average molecular weight is 979 g/mol. The first kappa shape index (κ1) is 51.3. The Balaban J connectivity index is 1.30. The maximum atomic E-state index is 15.9. The lowest BCUT2D eigenvalue weighted by molar-refractivity contribution is -0.151. The third-order valence-corrected chi connectivity index (χ3v) is 18.0. The minimum atomic E-state index is -2.23. The molecule has 2 saturated carbocycles. The van der Waals surface area contributed by atoms with Crippen LogP contribution in [0.4, 0.5) is 0 Å². The predicted molar refractivity (Wildman–Crippen MR) is 266 cm³/mol. The van der Waals surface area contributed by atoms with Gasteiger partial charge < -0.3 is 41.3 Å². The van der Waals surface area contributed by atoms with E-state index >= 15 is 4.79 Å². The van der Waals surface area contributed by atoms with E-state index in [4.69, 9.17) is 4.74 Å². The summed E-state index contributed by atoms with van der Waals surface area (Å²) >= 11 is 1.45. The molecule has 16 heteroatoms. The summed E-state index contributed by atoms with van der Waals surface area (Å²) in [4.78, 5) is 71.9. The molecule has 2 heterocycles. The SMILES string of the molecule is CNCN[C@@H](CCC(=O)N[C@@H](CS[C@H]1C2=C3[C@@H](CC(Cc4ccncc4)=C4[C@H](NC)CCc5ccccc5CC#C[C@]34C(=O)O2)C2(CCCC2)CCCCC12CCCC2)C(=O)N[C@@H](O)C(=O)O)C(=O)O. The summed E-state index contributed by atoms with van der Waals surface area (Å²) in [6.45, 7) is 0.195. The van der Waals surface area contributed by atoms with E-state index in [0.717, 1.165) is 119 Å². The van der Waals surface area contributed by atoms with E-state index in [1.807, 2.05) is 25.5 Å². The van der Waals surface area contributed by atoms with Crippen molar-refractivity contribution in [3.05, 3.63) is 88.0 Å². The fourth-order valence-corrected chi connectivity index (χ4v) is 14.7. The number of carboxylic acid groups (broad SMARTS) is 2. The van der Waals surface area contributed by atoms with E-state index in [1.165, 1.54) is 22.9 Å². The lowest BCUT2D eigenvalue weighted by atomic mass is 9.52. The number of aliphatic hydroxyl groups excluding tert-OH is 1. The number of aryl methyl sites for hydroxylation is 1. The Hall–Kier alpha value is -5.05. The van der Waals surface area contributed by atoms with Crippen LogP contribution in [-0.2, 0) is 48.0 Å². The Kier molecular flexibility index (Phi) is 16.5. The van der Waals surface area contributed by atoms with E-state index in [0.29, 0.717) is 18.6 Å². The molecule has 8 rings (SSSR count). The first-order valence-corrected chi connectivity index (χ1v) is 26.4. The summed E-state index contributed by atoms with van der Waals surface area (Å²) in [7, 11) is 3.63. The molecule has 3 spiro atoms. The number of nitrogens with zero attached hydrogens (tertiary/aromatic N) is 1.